The average Bonchev–Trinajstić information content (AvgIpc) is 1.68. The second-order valence-corrected chi connectivity index (χ2v) is 1.31. The molecule has 0 amide bonds. The van der Waals surface area contributed by atoms with E-state index in [9.17, 15) is 0 Å². The summed E-state index contributed by atoms with van der Waals surface area (Å²) >= 11 is 0. The Balaban J connectivity index is 3.35. The van der Waals surface area contributed by atoms with Crippen molar-refractivity contribution < 1.29 is 4.74 Å². The number of rotatable bonds is 2. The second-order valence-electron chi connectivity index (χ2n) is 1.31. The van der Waals surface area contributed by atoms with Crippen molar-refractivity contribution in [2.24, 2.45) is 0 Å². The highest BCUT2D eigenvalue weighted by Crippen LogP contribution is 1.84. The van der Waals surface area contributed by atoms with Crippen LogP contribution in [0.4, 0.5) is 0 Å². The van der Waals surface area contributed by atoms with Crippen LogP contribution in [0.1, 0.15) is 6.92 Å². The molecule has 0 aliphatic rings. The minimum Gasteiger partial charge on any atom is -0.377 e. The lowest BCUT2D eigenvalue weighted by Crippen LogP contribution is -1.97. The summed E-state index contributed by atoms with van der Waals surface area (Å²) in [6, 6.07) is 0. The van der Waals surface area contributed by atoms with Crippen LogP contribution in [-0.2, 0) is 4.74 Å². The smallest absolute Gasteiger partial charge is 0.0797 e. The Kier molecular flexibility index (Phi) is 3.39. The summed E-state index contributed by atoms with van der Waals surface area (Å²) in [6.07, 6.45) is 1.91. The molecule has 40 valence electrons. The standard InChI is InChI=1S/C6H10O/c1-4-5-6(2)7-3/h5-6H,1H2,2-3H3. The van der Waals surface area contributed by atoms with E-state index >= 15 is 0 Å². The average molecular weight is 98.1 g/mol. The summed E-state index contributed by atoms with van der Waals surface area (Å²) in [5.41, 5.74) is 2.62. The van der Waals surface area contributed by atoms with Gasteiger partial charge in [0.25, 0.3) is 0 Å². The van der Waals surface area contributed by atoms with E-state index in [0.29, 0.717) is 0 Å². The zero-order valence-corrected chi connectivity index (χ0v) is 4.77. The summed E-state index contributed by atoms with van der Waals surface area (Å²) in [7, 11) is 1.65. The zero-order valence-electron chi connectivity index (χ0n) is 4.77. The molecule has 7 heavy (non-hydrogen) atoms. The first-order chi connectivity index (χ1) is 3.31. The molecule has 1 atom stereocenters. The normalized spacial score (nSPS) is 12.3. The van der Waals surface area contributed by atoms with Crippen molar-refractivity contribution in [3.05, 3.63) is 18.4 Å². The van der Waals surface area contributed by atoms with Crippen LogP contribution in [-0.4, -0.2) is 13.2 Å². The molecule has 0 heterocycles. The third kappa shape index (κ3) is 3.31. The van der Waals surface area contributed by atoms with Gasteiger partial charge in [-0.05, 0) is 13.0 Å². The predicted molar refractivity (Wildman–Crippen MR) is 30.2 cm³/mol. The first-order valence-electron chi connectivity index (χ1n) is 2.20. The monoisotopic (exact) mass is 98.1 g/mol. The third-order valence-corrected chi connectivity index (χ3v) is 0.724. The van der Waals surface area contributed by atoms with Gasteiger partial charge in [0.15, 0.2) is 0 Å². The molecule has 0 radical (unpaired) electrons. The van der Waals surface area contributed by atoms with Crippen molar-refractivity contribution in [1.82, 2.24) is 0 Å². The molecule has 0 saturated heterocycles. The van der Waals surface area contributed by atoms with E-state index in [1.807, 2.05) is 6.92 Å². The summed E-state index contributed by atoms with van der Waals surface area (Å²) in [5.74, 6) is 0. The van der Waals surface area contributed by atoms with Crippen LogP contribution in [0.5, 0.6) is 0 Å². The lowest BCUT2D eigenvalue weighted by Gasteiger charge is -1.97. The molecule has 0 aliphatic heterocycles. The first kappa shape index (κ1) is 6.48. The van der Waals surface area contributed by atoms with Gasteiger partial charge in [0.2, 0.25) is 0 Å². The van der Waals surface area contributed by atoms with Gasteiger partial charge in [-0.2, -0.15) is 0 Å². The van der Waals surface area contributed by atoms with Crippen LogP contribution in [0.2, 0.25) is 0 Å². The van der Waals surface area contributed by atoms with Crippen molar-refractivity contribution in [2.75, 3.05) is 7.11 Å². The minimum atomic E-state index is 0.150. The van der Waals surface area contributed by atoms with Gasteiger partial charge in [-0.1, -0.05) is 6.58 Å². The fourth-order valence-electron chi connectivity index (χ4n) is 0.234. The molecule has 0 rings (SSSR count). The number of ether oxygens (including phenoxy) is 1. The molecule has 0 N–H and O–H groups in total. The molecule has 0 saturated carbocycles. The van der Waals surface area contributed by atoms with Gasteiger partial charge >= 0.3 is 0 Å². The van der Waals surface area contributed by atoms with Gasteiger partial charge in [0.1, 0.15) is 0 Å². The minimum absolute atomic E-state index is 0.150. The number of hydrogen-bond donors (Lipinski definition) is 0. The van der Waals surface area contributed by atoms with Crippen molar-refractivity contribution in [3.8, 4) is 0 Å². The third-order valence-electron chi connectivity index (χ3n) is 0.724. The molecule has 0 bridgehead atoms. The Bertz CT molecular complexity index is 80.2. The molecule has 0 aromatic carbocycles. The van der Waals surface area contributed by atoms with E-state index in [1.165, 1.54) is 0 Å². The molecule has 1 unspecified atom stereocenters. The van der Waals surface area contributed by atoms with Gasteiger partial charge in [0.05, 0.1) is 6.10 Å². The summed E-state index contributed by atoms with van der Waals surface area (Å²) in [4.78, 5) is 0. The Morgan fingerprint density at radius 2 is 2.43 bits per heavy atom. The highest BCUT2D eigenvalue weighted by molar-refractivity contribution is 4.81. The largest absolute Gasteiger partial charge is 0.377 e. The molecule has 0 spiro atoms. The highest BCUT2D eigenvalue weighted by Gasteiger charge is 1.85. The van der Waals surface area contributed by atoms with Crippen molar-refractivity contribution in [2.45, 2.75) is 13.0 Å². The van der Waals surface area contributed by atoms with Crippen molar-refractivity contribution >= 4 is 0 Å². The van der Waals surface area contributed by atoms with E-state index in [2.05, 4.69) is 12.3 Å². The topological polar surface area (TPSA) is 9.23 Å². The van der Waals surface area contributed by atoms with Gasteiger partial charge in [-0.3, -0.25) is 0 Å². The Labute approximate surface area is 44.3 Å². The van der Waals surface area contributed by atoms with Gasteiger partial charge < -0.3 is 4.74 Å². The molecule has 1 nitrogen and oxygen atoms in total. The maximum Gasteiger partial charge on any atom is 0.0797 e. The van der Waals surface area contributed by atoms with E-state index in [4.69, 9.17) is 4.74 Å². The second kappa shape index (κ2) is 3.66. The highest BCUT2D eigenvalue weighted by atomic mass is 16.5. The summed E-state index contributed by atoms with van der Waals surface area (Å²) < 4.78 is 4.83. The Hall–Kier alpha value is -0.520. The summed E-state index contributed by atoms with van der Waals surface area (Å²) in [6.45, 7) is 5.32. The van der Waals surface area contributed by atoms with Gasteiger partial charge in [-0.15, -0.1) is 5.73 Å². The maximum absolute atomic E-state index is 4.83. The van der Waals surface area contributed by atoms with Gasteiger partial charge in [-0.25, -0.2) is 0 Å². The summed E-state index contributed by atoms with van der Waals surface area (Å²) in [5, 5.41) is 0. The fraction of sp³-hybridized carbons (Fsp3) is 0.500. The molecular weight excluding hydrogens is 88.1 g/mol. The molecule has 0 aromatic rings. The fourth-order valence-corrected chi connectivity index (χ4v) is 0.234. The van der Waals surface area contributed by atoms with Crippen LogP contribution in [0.15, 0.2) is 18.4 Å². The number of methoxy groups -OCH3 is 1. The van der Waals surface area contributed by atoms with E-state index in [-0.39, 0.29) is 6.10 Å². The lowest BCUT2D eigenvalue weighted by molar-refractivity contribution is 0.156. The first-order valence-corrected chi connectivity index (χ1v) is 2.20. The van der Waals surface area contributed by atoms with E-state index in [1.54, 1.807) is 13.2 Å². The Morgan fingerprint density at radius 3 is 2.57 bits per heavy atom. The molecule has 0 fully saturated rings. The van der Waals surface area contributed by atoms with Crippen LogP contribution in [0.3, 0.4) is 0 Å². The van der Waals surface area contributed by atoms with Gasteiger partial charge in [0, 0.05) is 7.11 Å². The quantitative estimate of drug-likeness (QED) is 0.474. The molecule has 0 aromatic heterocycles. The van der Waals surface area contributed by atoms with Crippen LogP contribution >= 0.6 is 0 Å². The van der Waals surface area contributed by atoms with E-state index in [0.717, 1.165) is 0 Å². The maximum atomic E-state index is 4.83. The SMILES string of the molecule is C=C=CC(C)OC. The zero-order chi connectivity index (χ0) is 5.70. The molecule has 1 heteroatoms. The van der Waals surface area contributed by atoms with Crippen molar-refractivity contribution in [3.63, 3.8) is 0 Å². The van der Waals surface area contributed by atoms with Crippen LogP contribution in [0, 0.1) is 0 Å². The van der Waals surface area contributed by atoms with Crippen molar-refractivity contribution in [1.29, 1.82) is 0 Å². The van der Waals surface area contributed by atoms with E-state index < -0.39 is 0 Å². The molecule has 0 aliphatic carbocycles. The Morgan fingerprint density at radius 1 is 1.86 bits per heavy atom. The number of hydrogen-bond acceptors (Lipinski definition) is 1. The lowest BCUT2D eigenvalue weighted by atomic mass is 10.4. The van der Waals surface area contributed by atoms with Crippen LogP contribution < -0.4 is 0 Å². The predicted octanol–water partition coefficient (Wildman–Crippen LogP) is 1.36. The van der Waals surface area contributed by atoms with Crippen LogP contribution in [0.25, 0.3) is 0 Å². The molecular formula is C6H10O.